The van der Waals surface area contributed by atoms with Crippen molar-refractivity contribution in [2.75, 3.05) is 20.1 Å². The summed E-state index contributed by atoms with van der Waals surface area (Å²) in [7, 11) is 1.83. The highest BCUT2D eigenvalue weighted by molar-refractivity contribution is 5.82. The van der Waals surface area contributed by atoms with E-state index in [4.69, 9.17) is 0 Å². The summed E-state index contributed by atoms with van der Waals surface area (Å²) in [5, 5.41) is 12.3. The molecular formula is C11H22N2O2. The third-order valence-electron chi connectivity index (χ3n) is 2.82. The standard InChI is InChI=1S/C11H22N2O2/c1-8(2)4-5-13(3)11(15)10-6-9(14)7-12-10/h8-10,12,14H,4-7H2,1-3H3. The number of hydrogen-bond acceptors (Lipinski definition) is 3. The first-order valence-electron chi connectivity index (χ1n) is 5.67. The third kappa shape index (κ3) is 3.80. The SMILES string of the molecule is CC(C)CCN(C)C(=O)C1CC(O)CN1. The lowest BCUT2D eigenvalue weighted by Crippen LogP contribution is -2.42. The highest BCUT2D eigenvalue weighted by Crippen LogP contribution is 2.10. The molecule has 1 rings (SSSR count). The second kappa shape index (κ2) is 5.47. The Kier molecular flexibility index (Phi) is 4.54. The number of β-amino-alcohol motifs (C(OH)–C–C–N with tert-alkyl or cyclic N) is 1. The molecular weight excluding hydrogens is 192 g/mol. The molecule has 2 N–H and O–H groups in total. The molecule has 0 aliphatic carbocycles. The smallest absolute Gasteiger partial charge is 0.239 e. The van der Waals surface area contributed by atoms with E-state index >= 15 is 0 Å². The molecule has 88 valence electrons. The Balaban J connectivity index is 2.32. The molecule has 2 atom stereocenters. The molecule has 0 radical (unpaired) electrons. The van der Waals surface area contributed by atoms with Crippen molar-refractivity contribution in [2.24, 2.45) is 5.92 Å². The lowest BCUT2D eigenvalue weighted by molar-refractivity contribution is -0.132. The zero-order valence-electron chi connectivity index (χ0n) is 9.86. The van der Waals surface area contributed by atoms with Crippen LogP contribution < -0.4 is 5.32 Å². The maximum Gasteiger partial charge on any atom is 0.239 e. The van der Waals surface area contributed by atoms with Crippen molar-refractivity contribution >= 4 is 5.91 Å². The average molecular weight is 214 g/mol. The number of nitrogens with zero attached hydrogens (tertiary/aromatic N) is 1. The molecule has 0 aromatic rings. The zero-order valence-corrected chi connectivity index (χ0v) is 9.86. The zero-order chi connectivity index (χ0) is 11.4. The Bertz CT molecular complexity index is 219. The van der Waals surface area contributed by atoms with E-state index in [1.165, 1.54) is 0 Å². The number of hydrogen-bond donors (Lipinski definition) is 2. The molecule has 4 nitrogen and oxygen atoms in total. The van der Waals surface area contributed by atoms with Gasteiger partial charge in [0.25, 0.3) is 0 Å². The van der Waals surface area contributed by atoms with Crippen molar-refractivity contribution in [1.29, 1.82) is 0 Å². The van der Waals surface area contributed by atoms with Crippen LogP contribution in [0.5, 0.6) is 0 Å². The van der Waals surface area contributed by atoms with Gasteiger partial charge < -0.3 is 15.3 Å². The molecule has 1 fully saturated rings. The van der Waals surface area contributed by atoms with Gasteiger partial charge in [0.1, 0.15) is 0 Å². The monoisotopic (exact) mass is 214 g/mol. The fraction of sp³-hybridized carbons (Fsp3) is 0.909. The first-order valence-corrected chi connectivity index (χ1v) is 5.67. The van der Waals surface area contributed by atoms with Gasteiger partial charge in [-0.1, -0.05) is 13.8 Å². The summed E-state index contributed by atoms with van der Waals surface area (Å²) in [6, 6.07) is -0.183. The minimum atomic E-state index is -0.363. The van der Waals surface area contributed by atoms with E-state index in [2.05, 4.69) is 19.2 Å². The first kappa shape index (κ1) is 12.5. The van der Waals surface area contributed by atoms with E-state index in [1.807, 2.05) is 7.05 Å². The van der Waals surface area contributed by atoms with E-state index in [-0.39, 0.29) is 18.1 Å². The van der Waals surface area contributed by atoms with Gasteiger partial charge in [-0.3, -0.25) is 4.79 Å². The van der Waals surface area contributed by atoms with Crippen LogP contribution in [0.3, 0.4) is 0 Å². The molecule has 1 amide bonds. The largest absolute Gasteiger partial charge is 0.392 e. The molecule has 4 heteroatoms. The number of carbonyl (C=O) groups excluding carboxylic acids is 1. The predicted octanol–water partition coefficient (Wildman–Crippen LogP) is 0.214. The van der Waals surface area contributed by atoms with Crippen LogP contribution in [0.2, 0.25) is 0 Å². The molecule has 2 unspecified atom stereocenters. The van der Waals surface area contributed by atoms with E-state index < -0.39 is 0 Å². The van der Waals surface area contributed by atoms with Crippen LogP contribution >= 0.6 is 0 Å². The second-order valence-electron chi connectivity index (χ2n) is 4.79. The van der Waals surface area contributed by atoms with Gasteiger partial charge in [0.15, 0.2) is 0 Å². The highest BCUT2D eigenvalue weighted by atomic mass is 16.3. The summed E-state index contributed by atoms with van der Waals surface area (Å²) in [5.41, 5.74) is 0. The molecule has 0 spiro atoms. The van der Waals surface area contributed by atoms with Gasteiger partial charge in [-0.15, -0.1) is 0 Å². The van der Waals surface area contributed by atoms with Crippen LogP contribution in [0, 0.1) is 5.92 Å². The number of aliphatic hydroxyl groups excluding tert-OH is 1. The third-order valence-corrected chi connectivity index (χ3v) is 2.82. The molecule has 0 bridgehead atoms. The Hall–Kier alpha value is -0.610. The Labute approximate surface area is 91.6 Å². The average Bonchev–Trinajstić information content (AvgIpc) is 2.60. The minimum absolute atomic E-state index is 0.104. The van der Waals surface area contributed by atoms with Crippen molar-refractivity contribution in [1.82, 2.24) is 10.2 Å². The lowest BCUT2D eigenvalue weighted by atomic mass is 10.1. The number of likely N-dealkylation sites (N-methyl/N-ethyl adjacent to an activating group) is 1. The van der Waals surface area contributed by atoms with Gasteiger partial charge in [-0.05, 0) is 18.8 Å². The quantitative estimate of drug-likeness (QED) is 0.703. The van der Waals surface area contributed by atoms with Crippen LogP contribution in [-0.2, 0) is 4.79 Å². The molecule has 1 saturated heterocycles. The Morgan fingerprint density at radius 1 is 1.60 bits per heavy atom. The Morgan fingerprint density at radius 2 is 2.27 bits per heavy atom. The van der Waals surface area contributed by atoms with Crippen LogP contribution in [0.1, 0.15) is 26.7 Å². The fourth-order valence-corrected chi connectivity index (χ4v) is 1.73. The molecule has 1 heterocycles. The van der Waals surface area contributed by atoms with E-state index in [0.29, 0.717) is 18.9 Å². The second-order valence-corrected chi connectivity index (χ2v) is 4.79. The number of rotatable bonds is 4. The molecule has 0 aromatic heterocycles. The van der Waals surface area contributed by atoms with Gasteiger partial charge in [-0.2, -0.15) is 0 Å². The molecule has 0 aromatic carbocycles. The van der Waals surface area contributed by atoms with Crippen LogP contribution in [0.25, 0.3) is 0 Å². The Morgan fingerprint density at radius 3 is 2.73 bits per heavy atom. The number of carbonyl (C=O) groups is 1. The summed E-state index contributed by atoms with van der Waals surface area (Å²) in [6.45, 7) is 5.63. The summed E-state index contributed by atoms with van der Waals surface area (Å²) in [5.74, 6) is 0.717. The summed E-state index contributed by atoms with van der Waals surface area (Å²) >= 11 is 0. The van der Waals surface area contributed by atoms with Gasteiger partial charge in [0.05, 0.1) is 12.1 Å². The van der Waals surface area contributed by atoms with Crippen molar-refractivity contribution in [3.8, 4) is 0 Å². The molecule has 1 aliphatic heterocycles. The maximum atomic E-state index is 11.9. The lowest BCUT2D eigenvalue weighted by Gasteiger charge is -2.21. The van der Waals surface area contributed by atoms with Crippen molar-refractivity contribution in [3.63, 3.8) is 0 Å². The van der Waals surface area contributed by atoms with Gasteiger partial charge in [0, 0.05) is 20.1 Å². The van der Waals surface area contributed by atoms with Crippen LogP contribution in [0.4, 0.5) is 0 Å². The predicted molar refractivity (Wildman–Crippen MR) is 59.5 cm³/mol. The first-order chi connectivity index (χ1) is 7.00. The van der Waals surface area contributed by atoms with E-state index in [9.17, 15) is 9.90 Å². The van der Waals surface area contributed by atoms with Crippen molar-refractivity contribution in [2.45, 2.75) is 38.8 Å². The van der Waals surface area contributed by atoms with Gasteiger partial charge in [-0.25, -0.2) is 0 Å². The normalized spacial score (nSPS) is 25.9. The fourth-order valence-electron chi connectivity index (χ4n) is 1.73. The van der Waals surface area contributed by atoms with Crippen LogP contribution in [-0.4, -0.2) is 48.2 Å². The molecule has 1 aliphatic rings. The van der Waals surface area contributed by atoms with Crippen LogP contribution in [0.15, 0.2) is 0 Å². The molecule has 15 heavy (non-hydrogen) atoms. The number of aliphatic hydroxyl groups is 1. The summed E-state index contributed by atoms with van der Waals surface area (Å²) in [6.07, 6.45) is 1.21. The number of amides is 1. The van der Waals surface area contributed by atoms with E-state index in [1.54, 1.807) is 4.90 Å². The van der Waals surface area contributed by atoms with Gasteiger partial charge >= 0.3 is 0 Å². The topological polar surface area (TPSA) is 52.6 Å². The highest BCUT2D eigenvalue weighted by Gasteiger charge is 2.29. The van der Waals surface area contributed by atoms with Gasteiger partial charge in [0.2, 0.25) is 5.91 Å². The van der Waals surface area contributed by atoms with E-state index in [0.717, 1.165) is 13.0 Å². The number of nitrogens with one attached hydrogen (secondary N) is 1. The molecule has 0 saturated carbocycles. The van der Waals surface area contributed by atoms with Crippen molar-refractivity contribution in [3.05, 3.63) is 0 Å². The summed E-state index contributed by atoms with van der Waals surface area (Å²) in [4.78, 5) is 13.6. The maximum absolute atomic E-state index is 11.9. The summed E-state index contributed by atoms with van der Waals surface area (Å²) < 4.78 is 0. The van der Waals surface area contributed by atoms with Crippen molar-refractivity contribution < 1.29 is 9.90 Å². The minimum Gasteiger partial charge on any atom is -0.392 e.